The molecule has 120 valence electrons. The first-order valence-electron chi connectivity index (χ1n) is 8.09. The molecule has 0 N–H and O–H groups in total. The Balaban J connectivity index is 1.40. The van der Waals surface area contributed by atoms with Crippen molar-refractivity contribution in [3.8, 4) is 17.4 Å². The molecular weight excluding hydrogens is 288 g/mol. The molecule has 4 nitrogen and oxygen atoms in total. The van der Waals surface area contributed by atoms with Crippen molar-refractivity contribution in [3.05, 3.63) is 60.8 Å². The number of rotatable bonds is 7. The minimum atomic E-state index is 0.594. The molecule has 0 saturated carbocycles. The lowest BCUT2D eigenvalue weighted by Crippen LogP contribution is -2.29. The molecule has 0 spiro atoms. The Morgan fingerprint density at radius 3 is 2.61 bits per heavy atom. The summed E-state index contributed by atoms with van der Waals surface area (Å²) in [6.45, 7) is 4.06. The summed E-state index contributed by atoms with van der Waals surface area (Å²) in [6, 6.07) is 13.3. The van der Waals surface area contributed by atoms with Crippen LogP contribution in [-0.4, -0.2) is 36.1 Å². The maximum absolute atomic E-state index is 5.79. The highest BCUT2D eigenvalue weighted by Crippen LogP contribution is 2.22. The Morgan fingerprint density at radius 2 is 1.87 bits per heavy atom. The second-order valence-electron chi connectivity index (χ2n) is 5.50. The normalized spacial score (nSPS) is 14.6. The lowest BCUT2D eigenvalue weighted by molar-refractivity contribution is 0.247. The van der Waals surface area contributed by atoms with Crippen molar-refractivity contribution >= 4 is 0 Å². The first kappa shape index (κ1) is 15.6. The minimum Gasteiger partial charge on any atom is -0.494 e. The van der Waals surface area contributed by atoms with E-state index < -0.39 is 0 Å². The number of nitrogens with zero attached hydrogens (tertiary/aromatic N) is 2. The van der Waals surface area contributed by atoms with E-state index in [2.05, 4.69) is 22.0 Å². The van der Waals surface area contributed by atoms with Crippen LogP contribution >= 0.6 is 0 Å². The SMILES string of the molecule is C1=CCN(CCCOc2ccc(Oc3ccccn3)cc2)CC1. The number of hydrogen-bond donors (Lipinski definition) is 0. The van der Waals surface area contributed by atoms with Crippen LogP contribution in [0.1, 0.15) is 12.8 Å². The summed E-state index contributed by atoms with van der Waals surface area (Å²) in [4.78, 5) is 6.59. The monoisotopic (exact) mass is 310 g/mol. The van der Waals surface area contributed by atoms with Crippen LogP contribution in [0.15, 0.2) is 60.8 Å². The van der Waals surface area contributed by atoms with E-state index in [1.165, 1.54) is 6.42 Å². The molecule has 23 heavy (non-hydrogen) atoms. The smallest absolute Gasteiger partial charge is 0.219 e. The Morgan fingerprint density at radius 1 is 1.00 bits per heavy atom. The van der Waals surface area contributed by atoms with E-state index >= 15 is 0 Å². The van der Waals surface area contributed by atoms with Crippen LogP contribution in [-0.2, 0) is 0 Å². The number of ether oxygens (including phenoxy) is 2. The van der Waals surface area contributed by atoms with Gasteiger partial charge in [-0.3, -0.25) is 4.90 Å². The van der Waals surface area contributed by atoms with E-state index in [1.54, 1.807) is 6.20 Å². The van der Waals surface area contributed by atoms with Crippen molar-refractivity contribution in [2.45, 2.75) is 12.8 Å². The molecule has 0 bridgehead atoms. The molecule has 0 amide bonds. The fourth-order valence-corrected chi connectivity index (χ4v) is 2.50. The third-order valence-electron chi connectivity index (χ3n) is 3.71. The van der Waals surface area contributed by atoms with Crippen molar-refractivity contribution in [1.82, 2.24) is 9.88 Å². The van der Waals surface area contributed by atoms with E-state index in [1.807, 2.05) is 42.5 Å². The van der Waals surface area contributed by atoms with Gasteiger partial charge < -0.3 is 9.47 Å². The second kappa shape index (κ2) is 8.34. The van der Waals surface area contributed by atoms with Crippen molar-refractivity contribution in [2.24, 2.45) is 0 Å². The molecule has 0 fully saturated rings. The van der Waals surface area contributed by atoms with Crippen LogP contribution in [0.4, 0.5) is 0 Å². The zero-order chi connectivity index (χ0) is 15.7. The highest BCUT2D eigenvalue weighted by Gasteiger charge is 2.05. The molecular formula is C19H22N2O2. The maximum atomic E-state index is 5.79. The first-order chi connectivity index (χ1) is 11.4. The van der Waals surface area contributed by atoms with Crippen LogP contribution in [0.5, 0.6) is 17.4 Å². The Bertz CT molecular complexity index is 611. The van der Waals surface area contributed by atoms with Gasteiger partial charge in [-0.15, -0.1) is 0 Å². The van der Waals surface area contributed by atoms with Gasteiger partial charge in [-0.1, -0.05) is 18.2 Å². The summed E-state index contributed by atoms with van der Waals surface area (Å²) >= 11 is 0. The van der Waals surface area contributed by atoms with E-state index in [9.17, 15) is 0 Å². The summed E-state index contributed by atoms with van der Waals surface area (Å²) < 4.78 is 11.4. The third kappa shape index (κ3) is 5.11. The number of hydrogen-bond acceptors (Lipinski definition) is 4. The Kier molecular flexibility index (Phi) is 5.64. The molecule has 1 aromatic heterocycles. The molecule has 3 rings (SSSR count). The predicted molar refractivity (Wildman–Crippen MR) is 91.1 cm³/mol. The fraction of sp³-hybridized carbons (Fsp3) is 0.316. The molecule has 2 aromatic rings. The second-order valence-corrected chi connectivity index (χ2v) is 5.50. The lowest BCUT2D eigenvalue weighted by atomic mass is 10.2. The Hall–Kier alpha value is -2.33. The van der Waals surface area contributed by atoms with Gasteiger partial charge in [0, 0.05) is 31.9 Å². The summed E-state index contributed by atoms with van der Waals surface area (Å²) in [5.41, 5.74) is 0. The summed E-state index contributed by atoms with van der Waals surface area (Å²) in [6.07, 6.45) is 8.41. The van der Waals surface area contributed by atoms with Gasteiger partial charge in [-0.25, -0.2) is 4.98 Å². The van der Waals surface area contributed by atoms with Crippen molar-refractivity contribution in [2.75, 3.05) is 26.2 Å². The standard InChI is InChI=1S/C19H22N2O2/c1-4-13-21(14-5-1)15-6-16-22-17-8-10-18(11-9-17)23-19-7-2-3-12-20-19/h1-4,7-12H,5-6,13-16H2. The summed E-state index contributed by atoms with van der Waals surface area (Å²) in [7, 11) is 0. The number of aromatic nitrogens is 1. The molecule has 1 aliphatic rings. The Labute approximate surface area is 137 Å². The largest absolute Gasteiger partial charge is 0.494 e. The van der Waals surface area contributed by atoms with Gasteiger partial charge in [-0.05, 0) is 43.2 Å². The maximum Gasteiger partial charge on any atom is 0.219 e. The molecule has 1 aliphatic heterocycles. The summed E-state index contributed by atoms with van der Waals surface area (Å²) in [5, 5.41) is 0. The van der Waals surface area contributed by atoms with Gasteiger partial charge in [0.05, 0.1) is 6.61 Å². The fourth-order valence-electron chi connectivity index (χ4n) is 2.50. The molecule has 4 heteroatoms. The van der Waals surface area contributed by atoms with Gasteiger partial charge in [0.25, 0.3) is 0 Å². The van der Waals surface area contributed by atoms with Crippen molar-refractivity contribution in [1.29, 1.82) is 0 Å². The van der Waals surface area contributed by atoms with E-state index in [0.29, 0.717) is 5.88 Å². The van der Waals surface area contributed by atoms with E-state index in [-0.39, 0.29) is 0 Å². The topological polar surface area (TPSA) is 34.6 Å². The highest BCUT2D eigenvalue weighted by atomic mass is 16.5. The number of benzene rings is 1. The zero-order valence-corrected chi connectivity index (χ0v) is 13.2. The minimum absolute atomic E-state index is 0.594. The highest BCUT2D eigenvalue weighted by molar-refractivity contribution is 5.33. The van der Waals surface area contributed by atoms with Crippen molar-refractivity contribution in [3.63, 3.8) is 0 Å². The lowest BCUT2D eigenvalue weighted by Gasteiger charge is -2.22. The van der Waals surface area contributed by atoms with Crippen LogP contribution in [0.25, 0.3) is 0 Å². The van der Waals surface area contributed by atoms with E-state index in [4.69, 9.17) is 9.47 Å². The molecule has 0 atom stereocenters. The van der Waals surface area contributed by atoms with Crippen LogP contribution < -0.4 is 9.47 Å². The van der Waals surface area contributed by atoms with Crippen LogP contribution in [0.3, 0.4) is 0 Å². The summed E-state index contributed by atoms with van der Waals surface area (Å²) in [5.74, 6) is 2.23. The van der Waals surface area contributed by atoms with Gasteiger partial charge in [0.2, 0.25) is 5.88 Å². The molecule has 0 radical (unpaired) electrons. The molecule has 0 aliphatic carbocycles. The van der Waals surface area contributed by atoms with Gasteiger partial charge in [0.15, 0.2) is 0 Å². The zero-order valence-electron chi connectivity index (χ0n) is 13.2. The van der Waals surface area contributed by atoms with Crippen molar-refractivity contribution < 1.29 is 9.47 Å². The average molecular weight is 310 g/mol. The van der Waals surface area contributed by atoms with Gasteiger partial charge in [0.1, 0.15) is 11.5 Å². The van der Waals surface area contributed by atoms with E-state index in [0.717, 1.165) is 44.2 Å². The molecule has 2 heterocycles. The predicted octanol–water partition coefficient (Wildman–Crippen LogP) is 3.90. The quantitative estimate of drug-likeness (QED) is 0.574. The molecule has 1 aromatic carbocycles. The number of pyridine rings is 1. The molecule has 0 saturated heterocycles. The first-order valence-corrected chi connectivity index (χ1v) is 8.09. The third-order valence-corrected chi connectivity index (χ3v) is 3.71. The van der Waals surface area contributed by atoms with Gasteiger partial charge >= 0.3 is 0 Å². The average Bonchev–Trinajstić information content (AvgIpc) is 2.62. The molecule has 0 unspecified atom stereocenters. The van der Waals surface area contributed by atoms with Crippen LogP contribution in [0, 0.1) is 0 Å². The van der Waals surface area contributed by atoms with Crippen LogP contribution in [0.2, 0.25) is 0 Å². The van der Waals surface area contributed by atoms with Gasteiger partial charge in [-0.2, -0.15) is 0 Å².